The van der Waals surface area contributed by atoms with Crippen LogP contribution in [0, 0.1) is 0 Å². The summed E-state index contributed by atoms with van der Waals surface area (Å²) in [7, 11) is -0.736. The predicted octanol–water partition coefficient (Wildman–Crippen LogP) is 7.88. The van der Waals surface area contributed by atoms with Crippen LogP contribution in [0.25, 0.3) is 11.1 Å². The molecule has 0 spiro atoms. The molecule has 0 amide bonds. The van der Waals surface area contributed by atoms with Crippen molar-refractivity contribution in [1.82, 2.24) is 0 Å². The van der Waals surface area contributed by atoms with Crippen LogP contribution in [0.2, 0.25) is 0 Å². The van der Waals surface area contributed by atoms with Gasteiger partial charge in [-0.2, -0.15) is 0 Å². The van der Waals surface area contributed by atoms with Crippen LogP contribution in [-0.2, 0) is 30.5 Å². The second kappa shape index (κ2) is 11.1. The third kappa shape index (κ3) is 5.55. The minimum atomic E-state index is -0.369. The van der Waals surface area contributed by atoms with Gasteiger partial charge in [-0.05, 0) is 107 Å². The molecule has 4 nitrogen and oxygen atoms in total. The van der Waals surface area contributed by atoms with Gasteiger partial charge in [0.15, 0.2) is 0 Å². The van der Waals surface area contributed by atoms with Crippen molar-refractivity contribution in [3.63, 3.8) is 0 Å². The Morgan fingerprint density at radius 1 is 0.548 bits per heavy atom. The average Bonchev–Trinajstić information content (AvgIpc) is 3.36. The van der Waals surface area contributed by atoms with Gasteiger partial charge >= 0.3 is 14.2 Å². The Balaban J connectivity index is 1.50. The van der Waals surface area contributed by atoms with Crippen molar-refractivity contribution in [2.75, 3.05) is 0 Å². The largest absolute Gasteiger partial charge is 0.494 e. The monoisotopic (exact) mass is 572 g/mol. The molecule has 228 valence electrons. The molecular formula is C36H54B2O4. The lowest BCUT2D eigenvalue weighted by Gasteiger charge is -2.32. The van der Waals surface area contributed by atoms with E-state index in [9.17, 15) is 0 Å². The van der Waals surface area contributed by atoms with E-state index >= 15 is 0 Å². The molecule has 0 aromatic heterocycles. The van der Waals surface area contributed by atoms with Gasteiger partial charge in [-0.3, -0.25) is 0 Å². The summed E-state index contributed by atoms with van der Waals surface area (Å²) in [6.45, 7) is 24.0. The van der Waals surface area contributed by atoms with Crippen molar-refractivity contribution < 1.29 is 18.6 Å². The second-order valence-corrected chi connectivity index (χ2v) is 15.6. The zero-order chi connectivity index (χ0) is 30.7. The highest BCUT2D eigenvalue weighted by Gasteiger charge is 2.53. The lowest BCUT2D eigenvalue weighted by atomic mass is 9.72. The summed E-state index contributed by atoms with van der Waals surface area (Å²) in [4.78, 5) is 0. The fourth-order valence-electron chi connectivity index (χ4n) is 6.69. The fourth-order valence-corrected chi connectivity index (χ4v) is 6.69. The van der Waals surface area contributed by atoms with Crippen molar-refractivity contribution in [2.45, 2.75) is 155 Å². The van der Waals surface area contributed by atoms with Gasteiger partial charge in [-0.25, -0.2) is 0 Å². The number of fused-ring (bicyclic) bond motifs is 3. The quantitative estimate of drug-likeness (QED) is 0.214. The van der Waals surface area contributed by atoms with Crippen LogP contribution in [-0.4, -0.2) is 36.6 Å². The normalized spacial score (nSPS) is 22.5. The van der Waals surface area contributed by atoms with Gasteiger partial charge in [0.2, 0.25) is 0 Å². The molecule has 0 saturated carbocycles. The minimum absolute atomic E-state index is 0.168. The van der Waals surface area contributed by atoms with Crippen LogP contribution >= 0.6 is 0 Å². The zero-order valence-electron chi connectivity index (χ0n) is 28.3. The summed E-state index contributed by atoms with van der Waals surface area (Å²) in [5, 5.41) is 0. The smallest absolute Gasteiger partial charge is 0.399 e. The molecule has 0 unspecified atom stereocenters. The van der Waals surface area contributed by atoms with E-state index in [1.807, 2.05) is 0 Å². The predicted molar refractivity (Wildman–Crippen MR) is 177 cm³/mol. The second-order valence-electron chi connectivity index (χ2n) is 15.6. The van der Waals surface area contributed by atoms with Crippen molar-refractivity contribution >= 4 is 25.2 Å². The highest BCUT2D eigenvalue weighted by molar-refractivity contribution is 6.62. The molecule has 0 bridgehead atoms. The van der Waals surface area contributed by atoms with Crippen molar-refractivity contribution in [2.24, 2.45) is 0 Å². The molecule has 2 saturated heterocycles. The first kappa shape index (κ1) is 31.8. The van der Waals surface area contributed by atoms with Crippen LogP contribution in [0.3, 0.4) is 0 Å². The maximum Gasteiger partial charge on any atom is 0.494 e. The molecule has 0 radical (unpaired) electrons. The van der Waals surface area contributed by atoms with E-state index in [1.165, 1.54) is 72.8 Å². The maximum atomic E-state index is 6.56. The molecule has 2 fully saturated rings. The van der Waals surface area contributed by atoms with Gasteiger partial charge in [0.1, 0.15) is 0 Å². The summed E-state index contributed by atoms with van der Waals surface area (Å²) in [5.74, 6) is 0. The molecule has 42 heavy (non-hydrogen) atoms. The van der Waals surface area contributed by atoms with Crippen LogP contribution in [0.15, 0.2) is 30.3 Å². The summed E-state index contributed by atoms with van der Waals surface area (Å²) in [6.07, 6.45) is 10.2. The van der Waals surface area contributed by atoms with Gasteiger partial charge in [-0.1, -0.05) is 89.6 Å². The molecule has 2 aromatic carbocycles. The number of benzene rings is 2. The topological polar surface area (TPSA) is 36.9 Å². The highest BCUT2D eigenvalue weighted by atomic mass is 16.7. The Morgan fingerprint density at radius 3 is 1.57 bits per heavy atom. The van der Waals surface area contributed by atoms with Gasteiger partial charge in [0.25, 0.3) is 0 Å². The molecule has 0 N–H and O–H groups in total. The number of unbranched alkanes of at least 4 members (excludes halogenated alkanes) is 6. The Kier molecular flexibility index (Phi) is 8.40. The highest BCUT2D eigenvalue weighted by Crippen LogP contribution is 2.50. The number of hydrogen-bond donors (Lipinski definition) is 0. The summed E-state index contributed by atoms with van der Waals surface area (Å²) in [6, 6.07) is 11.6. The number of aryl methyl sites for hydroxylation is 1. The SMILES string of the molecule is CCCCCCCCCc1cc(B2OC(C)(C)C(C)(C)O2)cc2c1-c1ccc(B3OC(C)(C)C(C)(C)O3)cc1C2(C)C. The standard InChI is InChI=1S/C36H54B2O4/c1-12-13-14-15-16-17-18-19-25-22-27(38-41-35(8,9)36(10,11)42-38)24-30-31(25)28-21-20-26(23-29(28)32(30,2)3)37-39-33(4,5)34(6,7)40-37/h20-24H,12-19H2,1-11H3. The Hall–Kier alpha value is -1.59. The van der Waals surface area contributed by atoms with Crippen LogP contribution < -0.4 is 10.9 Å². The van der Waals surface area contributed by atoms with E-state index < -0.39 is 0 Å². The van der Waals surface area contributed by atoms with E-state index in [1.54, 1.807) is 0 Å². The molecule has 1 aliphatic carbocycles. The molecule has 5 rings (SSSR count). The van der Waals surface area contributed by atoms with E-state index in [4.69, 9.17) is 18.6 Å². The summed E-state index contributed by atoms with van der Waals surface area (Å²) in [5.41, 5.74) is 7.47. The van der Waals surface area contributed by atoms with Gasteiger partial charge in [-0.15, -0.1) is 0 Å². The first-order chi connectivity index (χ1) is 19.5. The van der Waals surface area contributed by atoms with Crippen LogP contribution in [0.5, 0.6) is 0 Å². The minimum Gasteiger partial charge on any atom is -0.399 e. The fraction of sp³-hybridized carbons (Fsp3) is 0.667. The maximum absolute atomic E-state index is 6.56. The van der Waals surface area contributed by atoms with Crippen molar-refractivity contribution in [1.29, 1.82) is 0 Å². The van der Waals surface area contributed by atoms with Crippen LogP contribution in [0.1, 0.15) is 138 Å². The molecule has 6 heteroatoms. The molecule has 2 aliphatic heterocycles. The first-order valence-electron chi connectivity index (χ1n) is 16.5. The molecule has 3 aliphatic rings. The number of hydrogen-bond acceptors (Lipinski definition) is 4. The lowest BCUT2D eigenvalue weighted by Crippen LogP contribution is -2.41. The first-order valence-corrected chi connectivity index (χ1v) is 16.5. The summed E-state index contributed by atoms with van der Waals surface area (Å²) >= 11 is 0. The third-order valence-corrected chi connectivity index (χ3v) is 11.0. The van der Waals surface area contributed by atoms with Crippen molar-refractivity contribution in [3.05, 3.63) is 47.0 Å². The van der Waals surface area contributed by atoms with Gasteiger partial charge in [0.05, 0.1) is 22.4 Å². The van der Waals surface area contributed by atoms with E-state index in [0.717, 1.165) is 17.3 Å². The molecular weight excluding hydrogens is 518 g/mol. The molecule has 2 aromatic rings. The average molecular weight is 572 g/mol. The van der Waals surface area contributed by atoms with Crippen molar-refractivity contribution in [3.8, 4) is 11.1 Å². The molecule has 2 heterocycles. The lowest BCUT2D eigenvalue weighted by molar-refractivity contribution is 0.00578. The summed E-state index contributed by atoms with van der Waals surface area (Å²) < 4.78 is 26.0. The number of rotatable bonds is 10. The van der Waals surface area contributed by atoms with E-state index in [-0.39, 0.29) is 42.1 Å². The third-order valence-electron chi connectivity index (χ3n) is 11.0. The zero-order valence-corrected chi connectivity index (χ0v) is 28.3. The molecule has 0 atom stereocenters. The Labute approximate surface area is 256 Å². The van der Waals surface area contributed by atoms with E-state index in [2.05, 4.69) is 106 Å². The van der Waals surface area contributed by atoms with E-state index in [0.29, 0.717) is 0 Å². The van der Waals surface area contributed by atoms with Crippen LogP contribution in [0.4, 0.5) is 0 Å². The van der Waals surface area contributed by atoms with Gasteiger partial charge < -0.3 is 18.6 Å². The Morgan fingerprint density at radius 2 is 1.02 bits per heavy atom. The van der Waals surface area contributed by atoms with Gasteiger partial charge in [0, 0.05) is 5.41 Å². The Bertz CT molecular complexity index is 1280.